The van der Waals surface area contributed by atoms with Gasteiger partial charge in [-0.25, -0.2) is 9.37 Å². The molecule has 0 bridgehead atoms. The van der Waals surface area contributed by atoms with Crippen LogP contribution in [-0.4, -0.2) is 16.8 Å². The Labute approximate surface area is 238 Å². The van der Waals surface area contributed by atoms with Crippen molar-refractivity contribution in [2.75, 3.05) is 10.6 Å². The van der Waals surface area contributed by atoms with Gasteiger partial charge in [-0.2, -0.15) is 0 Å². The highest BCUT2D eigenvalue weighted by Gasteiger charge is 2.23. The van der Waals surface area contributed by atoms with Gasteiger partial charge in [0.05, 0.1) is 5.69 Å². The van der Waals surface area contributed by atoms with E-state index in [-0.39, 0.29) is 11.8 Å². The molecule has 5 rings (SSSR count). The molecule has 0 aliphatic rings. The monoisotopic (exact) mass is 573 g/mol. The maximum atomic E-state index is 13.4. The number of halogens is 2. The molecule has 5 nitrogen and oxygen atoms in total. The van der Waals surface area contributed by atoms with Crippen molar-refractivity contribution in [1.29, 1.82) is 0 Å². The van der Waals surface area contributed by atoms with Gasteiger partial charge in [-0.1, -0.05) is 54.1 Å². The fourth-order valence-corrected chi connectivity index (χ4v) is 5.59. The summed E-state index contributed by atoms with van der Waals surface area (Å²) in [6.07, 6.45) is 0. The fourth-order valence-electron chi connectivity index (χ4n) is 3.71. The summed E-state index contributed by atoms with van der Waals surface area (Å²) in [7, 11) is 0. The van der Waals surface area contributed by atoms with Gasteiger partial charge in [0.2, 0.25) is 5.91 Å². The van der Waals surface area contributed by atoms with E-state index in [1.165, 1.54) is 47.4 Å². The number of thiazole rings is 1. The Hall–Kier alpha value is -3.98. The average molecular weight is 574 g/mol. The van der Waals surface area contributed by atoms with E-state index < -0.39 is 11.1 Å². The zero-order chi connectivity index (χ0) is 27.2. The smallest absolute Gasteiger partial charge is 0.255 e. The van der Waals surface area contributed by atoms with Crippen LogP contribution in [0.2, 0.25) is 5.02 Å². The molecule has 39 heavy (non-hydrogen) atoms. The van der Waals surface area contributed by atoms with E-state index in [2.05, 4.69) is 15.6 Å². The van der Waals surface area contributed by atoms with Crippen molar-refractivity contribution in [2.24, 2.45) is 0 Å². The number of carbonyl (C=O) groups is 2. The van der Waals surface area contributed by atoms with Crippen LogP contribution in [0.1, 0.15) is 21.2 Å². The van der Waals surface area contributed by atoms with Crippen LogP contribution in [0.5, 0.6) is 0 Å². The highest BCUT2D eigenvalue weighted by molar-refractivity contribution is 8.00. The Balaban J connectivity index is 1.29. The van der Waals surface area contributed by atoms with Crippen LogP contribution in [-0.2, 0) is 4.79 Å². The van der Waals surface area contributed by atoms with Gasteiger partial charge in [-0.15, -0.1) is 23.1 Å². The minimum Gasteiger partial charge on any atom is -0.322 e. The molecule has 2 amide bonds. The fraction of sp³-hybridized carbons (Fsp3) is 0.0333. The van der Waals surface area contributed by atoms with Crippen molar-refractivity contribution in [3.8, 4) is 11.3 Å². The normalized spacial score (nSPS) is 11.5. The van der Waals surface area contributed by atoms with Gasteiger partial charge < -0.3 is 10.6 Å². The van der Waals surface area contributed by atoms with Gasteiger partial charge in [0, 0.05) is 32.1 Å². The maximum Gasteiger partial charge on any atom is 0.255 e. The molecule has 2 N–H and O–H groups in total. The Kier molecular flexibility index (Phi) is 8.36. The molecule has 1 atom stereocenters. The van der Waals surface area contributed by atoms with E-state index in [0.717, 1.165) is 21.7 Å². The first-order valence-corrected chi connectivity index (χ1v) is 14.0. The van der Waals surface area contributed by atoms with Crippen LogP contribution >= 0.6 is 34.7 Å². The van der Waals surface area contributed by atoms with Crippen LogP contribution in [0.15, 0.2) is 113 Å². The number of thioether (sulfide) groups is 1. The molecule has 0 saturated carbocycles. The van der Waals surface area contributed by atoms with Crippen molar-refractivity contribution in [1.82, 2.24) is 4.98 Å². The highest BCUT2D eigenvalue weighted by Crippen LogP contribution is 2.37. The van der Waals surface area contributed by atoms with Gasteiger partial charge in [0.15, 0.2) is 5.13 Å². The summed E-state index contributed by atoms with van der Waals surface area (Å²) in [5.74, 6) is -0.933. The second-order valence-corrected chi connectivity index (χ2v) is 10.9. The number of hydrogen-bond donors (Lipinski definition) is 2. The van der Waals surface area contributed by atoms with Crippen LogP contribution in [0.4, 0.5) is 15.2 Å². The Morgan fingerprint density at radius 3 is 2.23 bits per heavy atom. The standard InChI is InChI=1S/C30H21ClFN3O2S2/c31-22-10-6-19(7-11-22)26-18-38-30(34-26)35-29(37)27(20-4-2-1-3-5-20)39-25-16-14-24(15-17-25)33-28(36)21-8-12-23(32)13-9-21/h1-18,27H,(H,33,36)(H,34,35,37). The lowest BCUT2D eigenvalue weighted by molar-refractivity contribution is -0.115. The minimum atomic E-state index is -0.534. The van der Waals surface area contributed by atoms with Crippen molar-refractivity contribution in [3.63, 3.8) is 0 Å². The van der Waals surface area contributed by atoms with E-state index in [4.69, 9.17) is 11.6 Å². The predicted octanol–water partition coefficient (Wildman–Crippen LogP) is 8.33. The second kappa shape index (κ2) is 12.3. The van der Waals surface area contributed by atoms with E-state index in [9.17, 15) is 14.0 Å². The van der Waals surface area contributed by atoms with Gasteiger partial charge in [-0.3, -0.25) is 9.59 Å². The molecule has 9 heteroatoms. The molecule has 5 aromatic rings. The molecule has 4 aromatic carbocycles. The number of nitrogens with one attached hydrogen (secondary N) is 2. The van der Waals surface area contributed by atoms with Gasteiger partial charge in [-0.05, 0) is 66.2 Å². The van der Waals surface area contributed by atoms with Crippen LogP contribution in [0.25, 0.3) is 11.3 Å². The zero-order valence-electron chi connectivity index (χ0n) is 20.3. The van der Waals surface area contributed by atoms with Crippen molar-refractivity contribution in [3.05, 3.63) is 130 Å². The highest BCUT2D eigenvalue weighted by atomic mass is 35.5. The molecule has 0 aliphatic heterocycles. The Morgan fingerprint density at radius 2 is 1.54 bits per heavy atom. The first-order chi connectivity index (χ1) is 18.9. The third kappa shape index (κ3) is 6.92. The summed E-state index contributed by atoms with van der Waals surface area (Å²) < 4.78 is 13.1. The molecule has 0 radical (unpaired) electrons. The Morgan fingerprint density at radius 1 is 0.846 bits per heavy atom. The van der Waals surface area contributed by atoms with Crippen molar-refractivity contribution >= 4 is 57.3 Å². The topological polar surface area (TPSA) is 71.1 Å². The van der Waals surface area contributed by atoms with Crippen LogP contribution < -0.4 is 10.6 Å². The molecule has 0 saturated heterocycles. The molecule has 0 spiro atoms. The van der Waals surface area contributed by atoms with Crippen molar-refractivity contribution < 1.29 is 14.0 Å². The third-order valence-electron chi connectivity index (χ3n) is 5.69. The largest absolute Gasteiger partial charge is 0.322 e. The number of benzene rings is 4. The summed E-state index contributed by atoms with van der Waals surface area (Å²) in [5, 5.41) is 8.27. The molecule has 0 fully saturated rings. The van der Waals surface area contributed by atoms with E-state index >= 15 is 0 Å². The lowest BCUT2D eigenvalue weighted by Crippen LogP contribution is -2.19. The number of aromatic nitrogens is 1. The van der Waals surface area contributed by atoms with Crippen LogP contribution in [0, 0.1) is 5.82 Å². The molecule has 1 heterocycles. The van der Waals surface area contributed by atoms with Gasteiger partial charge >= 0.3 is 0 Å². The minimum absolute atomic E-state index is 0.197. The third-order valence-corrected chi connectivity index (χ3v) is 7.96. The summed E-state index contributed by atoms with van der Waals surface area (Å²) in [6, 6.07) is 29.5. The maximum absolute atomic E-state index is 13.4. The Bertz CT molecular complexity index is 1580. The molecular formula is C30H21ClFN3O2S2. The van der Waals surface area contributed by atoms with Gasteiger partial charge in [0.1, 0.15) is 11.1 Å². The summed E-state index contributed by atoms with van der Waals surface area (Å²) >= 11 is 8.74. The van der Waals surface area contributed by atoms with E-state index in [0.29, 0.717) is 21.4 Å². The lowest BCUT2D eigenvalue weighted by atomic mass is 10.1. The van der Waals surface area contributed by atoms with Crippen molar-refractivity contribution in [2.45, 2.75) is 10.1 Å². The molecule has 1 aromatic heterocycles. The molecule has 0 aliphatic carbocycles. The SMILES string of the molecule is O=C(Nc1ccc(SC(C(=O)Nc2nc(-c3ccc(Cl)cc3)cs2)c2ccccc2)cc1)c1ccc(F)cc1. The first kappa shape index (κ1) is 26.6. The number of carbonyl (C=O) groups excluding carboxylic acids is 2. The van der Waals surface area contributed by atoms with Crippen LogP contribution in [0.3, 0.4) is 0 Å². The summed E-state index contributed by atoms with van der Waals surface area (Å²) in [5.41, 5.74) is 3.47. The van der Waals surface area contributed by atoms with Gasteiger partial charge in [0.25, 0.3) is 5.91 Å². The summed E-state index contributed by atoms with van der Waals surface area (Å²) in [4.78, 5) is 31.3. The molecular weight excluding hydrogens is 553 g/mol. The summed E-state index contributed by atoms with van der Waals surface area (Å²) in [6.45, 7) is 0. The number of amides is 2. The average Bonchev–Trinajstić information content (AvgIpc) is 3.42. The van der Waals surface area contributed by atoms with E-state index in [1.54, 1.807) is 24.3 Å². The second-order valence-electron chi connectivity index (χ2n) is 8.43. The number of rotatable bonds is 8. The molecule has 194 valence electrons. The number of anilines is 2. The molecule has 1 unspecified atom stereocenters. The van der Waals surface area contributed by atoms with E-state index in [1.807, 2.05) is 60.0 Å². The predicted molar refractivity (Wildman–Crippen MR) is 157 cm³/mol. The first-order valence-electron chi connectivity index (χ1n) is 11.9. The lowest BCUT2D eigenvalue weighted by Gasteiger charge is -2.16. The quantitative estimate of drug-likeness (QED) is 0.183. The number of hydrogen-bond acceptors (Lipinski definition) is 5. The number of nitrogens with zero attached hydrogens (tertiary/aromatic N) is 1. The zero-order valence-corrected chi connectivity index (χ0v) is 22.7.